The van der Waals surface area contributed by atoms with Crippen LogP contribution in [0.25, 0.3) is 0 Å². The number of fused-ring (bicyclic) bond motifs is 1. The van der Waals surface area contributed by atoms with E-state index in [4.69, 9.17) is 14.6 Å². The van der Waals surface area contributed by atoms with E-state index in [2.05, 4.69) is 0 Å². The van der Waals surface area contributed by atoms with Crippen LogP contribution in [0.15, 0.2) is 12.1 Å². The van der Waals surface area contributed by atoms with Crippen molar-refractivity contribution in [3.05, 3.63) is 23.3 Å². The number of hydrogen-bond acceptors (Lipinski definition) is 3. The number of benzene rings is 1. The molecule has 86 valence electrons. The molecular formula is C12H14O4. The highest BCUT2D eigenvalue weighted by Crippen LogP contribution is 2.37. The first kappa shape index (κ1) is 10.8. The molecular weight excluding hydrogens is 208 g/mol. The number of carboxylic acids is 1. The van der Waals surface area contributed by atoms with Crippen LogP contribution in [0.1, 0.15) is 17.5 Å². The fourth-order valence-electron chi connectivity index (χ4n) is 1.77. The van der Waals surface area contributed by atoms with E-state index in [1.165, 1.54) is 0 Å². The summed E-state index contributed by atoms with van der Waals surface area (Å²) in [4.78, 5) is 10.5. The van der Waals surface area contributed by atoms with Gasteiger partial charge in [0.1, 0.15) is 13.2 Å². The normalized spacial score (nSPS) is 13.6. The number of aliphatic carboxylic acids is 1. The van der Waals surface area contributed by atoms with Gasteiger partial charge in [0, 0.05) is 6.42 Å². The average Bonchev–Trinajstić information content (AvgIpc) is 2.28. The highest BCUT2D eigenvalue weighted by molar-refractivity contribution is 5.67. The SMILES string of the molecule is Cc1ccc(CCC(=O)O)c2c1OCCO2. The minimum absolute atomic E-state index is 0.110. The van der Waals surface area contributed by atoms with Crippen molar-refractivity contribution in [3.8, 4) is 11.5 Å². The first-order valence-corrected chi connectivity index (χ1v) is 5.28. The molecule has 4 heteroatoms. The number of carbonyl (C=O) groups is 1. The van der Waals surface area contributed by atoms with Gasteiger partial charge in [-0.15, -0.1) is 0 Å². The predicted octanol–water partition coefficient (Wildman–Crippen LogP) is 1.78. The maximum Gasteiger partial charge on any atom is 0.303 e. The van der Waals surface area contributed by atoms with Crippen LogP contribution in [-0.2, 0) is 11.2 Å². The Kier molecular flexibility index (Phi) is 2.99. The van der Waals surface area contributed by atoms with Gasteiger partial charge in [0.2, 0.25) is 0 Å². The van der Waals surface area contributed by atoms with E-state index < -0.39 is 5.97 Å². The maximum atomic E-state index is 10.5. The Hall–Kier alpha value is -1.71. The Labute approximate surface area is 93.8 Å². The van der Waals surface area contributed by atoms with Crippen molar-refractivity contribution in [1.82, 2.24) is 0 Å². The summed E-state index contributed by atoms with van der Waals surface area (Å²) in [6, 6.07) is 3.84. The lowest BCUT2D eigenvalue weighted by Crippen LogP contribution is -2.17. The van der Waals surface area contributed by atoms with Gasteiger partial charge >= 0.3 is 5.97 Å². The Morgan fingerprint density at radius 1 is 1.31 bits per heavy atom. The van der Waals surface area contributed by atoms with Gasteiger partial charge < -0.3 is 14.6 Å². The van der Waals surface area contributed by atoms with Gasteiger partial charge in [0.15, 0.2) is 11.5 Å². The van der Waals surface area contributed by atoms with Crippen LogP contribution in [0.4, 0.5) is 0 Å². The number of rotatable bonds is 3. The molecule has 1 aliphatic heterocycles. The molecule has 0 aliphatic carbocycles. The fourth-order valence-corrected chi connectivity index (χ4v) is 1.77. The van der Waals surface area contributed by atoms with Crippen LogP contribution in [0.2, 0.25) is 0 Å². The largest absolute Gasteiger partial charge is 0.486 e. The van der Waals surface area contributed by atoms with Gasteiger partial charge in [-0.2, -0.15) is 0 Å². The molecule has 1 N–H and O–H groups in total. The zero-order valence-electron chi connectivity index (χ0n) is 9.16. The molecule has 0 atom stereocenters. The predicted molar refractivity (Wildman–Crippen MR) is 58.1 cm³/mol. The second-order valence-corrected chi connectivity index (χ2v) is 3.79. The number of carboxylic acid groups (broad SMARTS) is 1. The molecule has 1 heterocycles. The highest BCUT2D eigenvalue weighted by Gasteiger charge is 2.18. The summed E-state index contributed by atoms with van der Waals surface area (Å²) >= 11 is 0. The van der Waals surface area contributed by atoms with Crippen molar-refractivity contribution < 1.29 is 19.4 Å². The molecule has 16 heavy (non-hydrogen) atoms. The number of ether oxygens (including phenoxy) is 2. The quantitative estimate of drug-likeness (QED) is 0.847. The molecule has 1 aliphatic rings. The van der Waals surface area contributed by atoms with E-state index >= 15 is 0 Å². The van der Waals surface area contributed by atoms with Crippen LogP contribution >= 0.6 is 0 Å². The third-order valence-corrected chi connectivity index (χ3v) is 2.57. The molecule has 0 unspecified atom stereocenters. The highest BCUT2D eigenvalue weighted by atomic mass is 16.6. The van der Waals surface area contributed by atoms with Crippen LogP contribution in [0.3, 0.4) is 0 Å². The third kappa shape index (κ3) is 2.10. The monoisotopic (exact) mass is 222 g/mol. The molecule has 2 rings (SSSR count). The van der Waals surface area contributed by atoms with Gasteiger partial charge in [-0.1, -0.05) is 12.1 Å². The fraction of sp³-hybridized carbons (Fsp3) is 0.417. The molecule has 1 aromatic carbocycles. The molecule has 0 saturated heterocycles. The topological polar surface area (TPSA) is 55.8 Å². The standard InChI is InChI=1S/C12H14O4/c1-8-2-3-9(4-5-10(13)14)12-11(8)15-6-7-16-12/h2-3H,4-7H2,1H3,(H,13,14). The number of aryl methyl sites for hydroxylation is 2. The first-order chi connectivity index (χ1) is 7.68. The summed E-state index contributed by atoms with van der Waals surface area (Å²) in [5.41, 5.74) is 1.93. The van der Waals surface area contributed by atoms with E-state index in [9.17, 15) is 4.79 Å². The maximum absolute atomic E-state index is 10.5. The van der Waals surface area contributed by atoms with Crippen molar-refractivity contribution >= 4 is 5.97 Å². The van der Waals surface area contributed by atoms with Gasteiger partial charge in [0.25, 0.3) is 0 Å². The second kappa shape index (κ2) is 4.43. The van der Waals surface area contributed by atoms with Gasteiger partial charge in [-0.3, -0.25) is 4.79 Å². The smallest absolute Gasteiger partial charge is 0.303 e. The molecule has 0 radical (unpaired) electrons. The van der Waals surface area contributed by atoms with Gasteiger partial charge in [-0.25, -0.2) is 0 Å². The zero-order chi connectivity index (χ0) is 11.5. The molecule has 4 nitrogen and oxygen atoms in total. The summed E-state index contributed by atoms with van der Waals surface area (Å²) in [7, 11) is 0. The Morgan fingerprint density at radius 3 is 2.69 bits per heavy atom. The van der Waals surface area contributed by atoms with E-state index in [-0.39, 0.29) is 6.42 Å². The van der Waals surface area contributed by atoms with Crippen molar-refractivity contribution in [1.29, 1.82) is 0 Å². The summed E-state index contributed by atoms with van der Waals surface area (Å²) in [5, 5.41) is 8.66. The Balaban J connectivity index is 2.28. The van der Waals surface area contributed by atoms with E-state index in [0.29, 0.717) is 25.4 Å². The second-order valence-electron chi connectivity index (χ2n) is 3.79. The Morgan fingerprint density at radius 2 is 2.00 bits per heavy atom. The van der Waals surface area contributed by atoms with Crippen LogP contribution in [0.5, 0.6) is 11.5 Å². The van der Waals surface area contributed by atoms with E-state index in [1.54, 1.807) is 0 Å². The minimum Gasteiger partial charge on any atom is -0.486 e. The van der Waals surface area contributed by atoms with Gasteiger partial charge in [-0.05, 0) is 24.5 Å². The van der Waals surface area contributed by atoms with Crippen LogP contribution in [-0.4, -0.2) is 24.3 Å². The Bertz CT molecular complexity index is 412. The van der Waals surface area contributed by atoms with E-state index in [1.807, 2.05) is 19.1 Å². The third-order valence-electron chi connectivity index (χ3n) is 2.57. The number of hydrogen-bond donors (Lipinski definition) is 1. The van der Waals surface area contributed by atoms with E-state index in [0.717, 1.165) is 16.9 Å². The molecule has 0 fully saturated rings. The molecule has 0 saturated carbocycles. The lowest BCUT2D eigenvalue weighted by molar-refractivity contribution is -0.136. The lowest BCUT2D eigenvalue weighted by Gasteiger charge is -2.22. The van der Waals surface area contributed by atoms with Crippen molar-refractivity contribution in [3.63, 3.8) is 0 Å². The summed E-state index contributed by atoms with van der Waals surface area (Å²) in [6.07, 6.45) is 0.583. The average molecular weight is 222 g/mol. The summed E-state index contributed by atoms with van der Waals surface area (Å²) in [5.74, 6) is 0.674. The molecule has 1 aromatic rings. The zero-order valence-corrected chi connectivity index (χ0v) is 9.16. The van der Waals surface area contributed by atoms with Crippen molar-refractivity contribution in [2.45, 2.75) is 19.8 Å². The van der Waals surface area contributed by atoms with Gasteiger partial charge in [0.05, 0.1) is 0 Å². The minimum atomic E-state index is -0.800. The van der Waals surface area contributed by atoms with Crippen LogP contribution in [0, 0.1) is 6.92 Å². The summed E-state index contributed by atoms with van der Waals surface area (Å²) in [6.45, 7) is 3.03. The van der Waals surface area contributed by atoms with Crippen molar-refractivity contribution in [2.24, 2.45) is 0 Å². The molecule has 0 bridgehead atoms. The van der Waals surface area contributed by atoms with Crippen LogP contribution < -0.4 is 9.47 Å². The molecule has 0 aromatic heterocycles. The molecule has 0 amide bonds. The molecule has 0 spiro atoms. The van der Waals surface area contributed by atoms with Crippen molar-refractivity contribution in [2.75, 3.05) is 13.2 Å². The summed E-state index contributed by atoms with van der Waals surface area (Å²) < 4.78 is 11.1. The first-order valence-electron chi connectivity index (χ1n) is 5.28. The lowest BCUT2D eigenvalue weighted by atomic mass is 10.0.